The van der Waals surface area contributed by atoms with Gasteiger partial charge in [0.25, 0.3) is 5.79 Å². The van der Waals surface area contributed by atoms with E-state index in [1.165, 1.54) is 0 Å². The van der Waals surface area contributed by atoms with Gasteiger partial charge in [-0.1, -0.05) is 0 Å². The third-order valence-electron chi connectivity index (χ3n) is 1.63. The van der Waals surface area contributed by atoms with Gasteiger partial charge in [-0.05, 0) is 0 Å². The molecule has 3 unspecified atom stereocenters. The monoisotopic (exact) mass is 212 g/mol. The van der Waals surface area contributed by atoms with Crippen molar-refractivity contribution >= 4 is 5.97 Å². The van der Waals surface area contributed by atoms with Crippen molar-refractivity contribution in [3.63, 3.8) is 0 Å². The van der Waals surface area contributed by atoms with Crippen molar-refractivity contribution in [3.8, 4) is 0 Å². The zero-order chi connectivity index (χ0) is 11.5. The fourth-order valence-corrected chi connectivity index (χ4v) is 0.683. The molecule has 8 heteroatoms. The Hall–Kier alpha value is -0.770. The maximum Gasteiger partial charge on any atom is 0.367 e. The van der Waals surface area contributed by atoms with E-state index in [0.717, 1.165) is 0 Å². The minimum Gasteiger partial charge on any atom is -0.477 e. The Bertz CT molecular complexity index is 202. The molecule has 0 heterocycles. The molecular formula is C6H12O8. The molecule has 0 bridgehead atoms. The van der Waals surface area contributed by atoms with E-state index in [4.69, 9.17) is 35.7 Å². The molecule has 14 heavy (non-hydrogen) atoms. The summed E-state index contributed by atoms with van der Waals surface area (Å²) in [6.45, 7) is -0.964. The van der Waals surface area contributed by atoms with E-state index in [2.05, 4.69) is 0 Å². The topological polar surface area (TPSA) is 159 Å². The molecule has 0 aliphatic heterocycles. The summed E-state index contributed by atoms with van der Waals surface area (Å²) in [5.74, 6) is -5.77. The fourth-order valence-electron chi connectivity index (χ4n) is 0.683. The molecule has 0 aromatic heterocycles. The van der Waals surface area contributed by atoms with E-state index >= 15 is 0 Å². The summed E-state index contributed by atoms with van der Waals surface area (Å²) in [7, 11) is 0. The number of aliphatic carboxylic acids is 1. The Labute approximate surface area is 78.3 Å². The van der Waals surface area contributed by atoms with Crippen LogP contribution in [-0.2, 0) is 4.79 Å². The number of rotatable bonds is 5. The number of carboxylic acid groups (broad SMARTS) is 1. The second kappa shape index (κ2) is 4.64. The van der Waals surface area contributed by atoms with Gasteiger partial charge in [0, 0.05) is 0 Å². The molecule has 0 saturated heterocycles. The second-order valence-electron chi connectivity index (χ2n) is 2.72. The van der Waals surface area contributed by atoms with Crippen LogP contribution in [0.4, 0.5) is 0 Å². The predicted octanol–water partition coefficient (Wildman–Crippen LogP) is -4.17. The first kappa shape index (κ1) is 13.2. The van der Waals surface area contributed by atoms with Crippen molar-refractivity contribution in [2.45, 2.75) is 24.1 Å². The van der Waals surface area contributed by atoms with Crippen molar-refractivity contribution in [1.82, 2.24) is 0 Å². The quantitative estimate of drug-likeness (QED) is 0.226. The zero-order valence-corrected chi connectivity index (χ0v) is 6.98. The lowest BCUT2D eigenvalue weighted by molar-refractivity contribution is -0.259. The van der Waals surface area contributed by atoms with Gasteiger partial charge in [-0.25, -0.2) is 4.79 Å². The molecule has 84 valence electrons. The molecule has 0 rings (SSSR count). The van der Waals surface area contributed by atoms with Gasteiger partial charge in [-0.3, -0.25) is 0 Å². The summed E-state index contributed by atoms with van der Waals surface area (Å²) in [5.41, 5.74) is 0. The smallest absolute Gasteiger partial charge is 0.367 e. The van der Waals surface area contributed by atoms with E-state index in [1.54, 1.807) is 0 Å². The van der Waals surface area contributed by atoms with Gasteiger partial charge in [0.1, 0.15) is 18.3 Å². The van der Waals surface area contributed by atoms with Crippen LogP contribution in [0.1, 0.15) is 0 Å². The molecule has 7 N–H and O–H groups in total. The highest BCUT2D eigenvalue weighted by molar-refractivity contribution is 5.75. The standard InChI is InChI=1S/C6H12O8/c7-1-2(8)3(9)4(10)6(13,14)5(11)12/h2-4,7-10,13-14H,1H2,(H,11,12). The predicted molar refractivity (Wildman–Crippen MR) is 39.9 cm³/mol. The van der Waals surface area contributed by atoms with Crippen molar-refractivity contribution in [2.75, 3.05) is 6.61 Å². The summed E-state index contributed by atoms with van der Waals surface area (Å²) in [6.07, 6.45) is -6.60. The SMILES string of the molecule is O=C(O)C(O)(O)C(O)C(O)C(O)CO. The van der Waals surface area contributed by atoms with Crippen LogP contribution in [0.3, 0.4) is 0 Å². The first-order valence-corrected chi connectivity index (χ1v) is 3.58. The fraction of sp³-hybridized carbons (Fsp3) is 0.833. The normalized spacial score (nSPS) is 18.7. The van der Waals surface area contributed by atoms with Crippen molar-refractivity contribution in [2.24, 2.45) is 0 Å². The number of aliphatic hydroxyl groups excluding tert-OH is 4. The lowest BCUT2D eigenvalue weighted by Gasteiger charge is -2.28. The molecule has 0 saturated carbocycles. The summed E-state index contributed by atoms with van der Waals surface area (Å²) >= 11 is 0. The molecule has 3 atom stereocenters. The number of aliphatic hydroxyl groups is 6. The lowest BCUT2D eigenvalue weighted by Crippen LogP contribution is -2.58. The molecule has 0 aromatic carbocycles. The maximum atomic E-state index is 10.2. The highest BCUT2D eigenvalue weighted by Gasteiger charge is 2.47. The molecule has 0 aromatic rings. The average Bonchev–Trinajstić information content (AvgIpc) is 2.13. The van der Waals surface area contributed by atoms with Crippen molar-refractivity contribution in [3.05, 3.63) is 0 Å². The van der Waals surface area contributed by atoms with Crippen LogP contribution in [-0.4, -0.2) is 72.4 Å². The van der Waals surface area contributed by atoms with Gasteiger partial charge in [0.05, 0.1) is 6.61 Å². The van der Waals surface area contributed by atoms with Crippen molar-refractivity contribution in [1.29, 1.82) is 0 Å². The largest absolute Gasteiger partial charge is 0.477 e. The third kappa shape index (κ3) is 2.61. The molecule has 0 fully saturated rings. The zero-order valence-electron chi connectivity index (χ0n) is 6.98. The van der Waals surface area contributed by atoms with E-state index in [1.807, 2.05) is 0 Å². The third-order valence-corrected chi connectivity index (χ3v) is 1.63. The molecule has 8 nitrogen and oxygen atoms in total. The molecular weight excluding hydrogens is 200 g/mol. The summed E-state index contributed by atoms with van der Waals surface area (Å²) in [6, 6.07) is 0. The Morgan fingerprint density at radius 1 is 1.21 bits per heavy atom. The van der Waals surface area contributed by atoms with Crippen LogP contribution in [0.2, 0.25) is 0 Å². The van der Waals surface area contributed by atoms with Crippen LogP contribution in [0.15, 0.2) is 0 Å². The average molecular weight is 212 g/mol. The number of carbonyl (C=O) groups is 1. The molecule has 0 amide bonds. The van der Waals surface area contributed by atoms with Crippen LogP contribution >= 0.6 is 0 Å². The van der Waals surface area contributed by atoms with Gasteiger partial charge < -0.3 is 35.7 Å². The van der Waals surface area contributed by atoms with Crippen molar-refractivity contribution < 1.29 is 40.5 Å². The number of carboxylic acids is 1. The van der Waals surface area contributed by atoms with E-state index in [9.17, 15) is 4.79 Å². The van der Waals surface area contributed by atoms with Crippen LogP contribution in [0, 0.1) is 0 Å². The van der Waals surface area contributed by atoms with Gasteiger partial charge in [-0.2, -0.15) is 0 Å². The summed E-state index contributed by atoms with van der Waals surface area (Å²) < 4.78 is 0. The number of hydrogen-bond donors (Lipinski definition) is 7. The minimum atomic E-state index is -3.59. The Kier molecular flexibility index (Phi) is 4.39. The highest BCUT2D eigenvalue weighted by atomic mass is 16.6. The molecule has 0 aliphatic rings. The van der Waals surface area contributed by atoms with Gasteiger partial charge in [-0.15, -0.1) is 0 Å². The summed E-state index contributed by atoms with van der Waals surface area (Å²) in [4.78, 5) is 10.2. The molecule has 0 aliphatic carbocycles. The van der Waals surface area contributed by atoms with Crippen LogP contribution in [0.5, 0.6) is 0 Å². The Balaban J connectivity index is 4.60. The molecule has 0 spiro atoms. The highest BCUT2D eigenvalue weighted by Crippen LogP contribution is 2.13. The van der Waals surface area contributed by atoms with Gasteiger partial charge >= 0.3 is 5.97 Å². The van der Waals surface area contributed by atoms with Gasteiger partial charge in [0.15, 0.2) is 0 Å². The minimum absolute atomic E-state index is 0.964. The van der Waals surface area contributed by atoms with E-state index in [0.29, 0.717) is 0 Å². The maximum absolute atomic E-state index is 10.2. The van der Waals surface area contributed by atoms with Crippen LogP contribution < -0.4 is 0 Å². The molecule has 0 radical (unpaired) electrons. The van der Waals surface area contributed by atoms with Gasteiger partial charge in [0.2, 0.25) is 0 Å². The first-order chi connectivity index (χ1) is 6.25. The second-order valence-corrected chi connectivity index (χ2v) is 2.72. The number of hydrogen-bond acceptors (Lipinski definition) is 7. The summed E-state index contributed by atoms with van der Waals surface area (Å²) in [5, 5.41) is 60.6. The van der Waals surface area contributed by atoms with Crippen LogP contribution in [0.25, 0.3) is 0 Å². The Morgan fingerprint density at radius 2 is 1.64 bits per heavy atom. The Morgan fingerprint density at radius 3 is 1.93 bits per heavy atom. The lowest BCUT2D eigenvalue weighted by atomic mass is 10.0. The van der Waals surface area contributed by atoms with E-state index in [-0.39, 0.29) is 0 Å². The first-order valence-electron chi connectivity index (χ1n) is 3.58. The van der Waals surface area contributed by atoms with E-state index < -0.39 is 36.7 Å².